The van der Waals surface area contributed by atoms with Crippen LogP contribution in [-0.4, -0.2) is 43.3 Å². The number of nitrogens with zero attached hydrogens (tertiary/aromatic N) is 2. The predicted octanol–water partition coefficient (Wildman–Crippen LogP) is 2.20. The molecule has 0 aromatic heterocycles. The topological polar surface area (TPSA) is 41.9 Å². The van der Waals surface area contributed by atoms with E-state index in [0.29, 0.717) is 18.1 Å². The van der Waals surface area contributed by atoms with E-state index in [9.17, 15) is 4.91 Å². The number of nitroso groups, excluding NO2 is 1. The average Bonchev–Trinajstić information content (AvgIpc) is 2.92. The van der Waals surface area contributed by atoms with Crippen molar-refractivity contribution in [2.24, 2.45) is 10.6 Å². The summed E-state index contributed by atoms with van der Waals surface area (Å²) in [5, 5.41) is 3.02. The van der Waals surface area contributed by atoms with E-state index in [1.165, 1.54) is 12.8 Å². The molecule has 1 aliphatic carbocycles. The van der Waals surface area contributed by atoms with Gasteiger partial charge in [0, 0.05) is 18.5 Å². The van der Waals surface area contributed by atoms with Gasteiger partial charge in [0.1, 0.15) is 6.54 Å². The normalized spacial score (nSPS) is 26.6. The van der Waals surface area contributed by atoms with Gasteiger partial charge in [0.2, 0.25) is 0 Å². The predicted molar refractivity (Wildman–Crippen MR) is 67.9 cm³/mol. The monoisotopic (exact) mass is 238 g/mol. The first-order valence-corrected chi connectivity index (χ1v) is 6.47. The second-order valence-electron chi connectivity index (χ2n) is 5.60. The Balaban J connectivity index is 1.82. The van der Waals surface area contributed by atoms with Crippen LogP contribution in [0.1, 0.15) is 26.7 Å². The van der Waals surface area contributed by atoms with E-state index in [1.807, 2.05) is 0 Å². The summed E-state index contributed by atoms with van der Waals surface area (Å²) in [6.07, 6.45) is 7.03. The molecule has 0 aromatic rings. The molecule has 0 saturated heterocycles. The standard InChI is InChI=1S/C13H22N2O2/c1-11(2)17-10-13(5-6-13)9-15-7-3-4-12(15)8-14-16/h3-4,11-12H,5-10H2,1-2H3. The molecule has 2 rings (SSSR count). The lowest BCUT2D eigenvalue weighted by atomic mass is 10.1. The minimum absolute atomic E-state index is 0.212. The van der Waals surface area contributed by atoms with Gasteiger partial charge in [-0.2, -0.15) is 4.91 Å². The Bertz CT molecular complexity index is 298. The van der Waals surface area contributed by atoms with Gasteiger partial charge in [0.05, 0.1) is 18.8 Å². The summed E-state index contributed by atoms with van der Waals surface area (Å²) in [7, 11) is 0. The molecule has 0 bridgehead atoms. The second-order valence-corrected chi connectivity index (χ2v) is 5.60. The van der Waals surface area contributed by atoms with Gasteiger partial charge < -0.3 is 4.74 Å². The number of hydrogen-bond donors (Lipinski definition) is 0. The van der Waals surface area contributed by atoms with Gasteiger partial charge >= 0.3 is 0 Å². The largest absolute Gasteiger partial charge is 0.378 e. The van der Waals surface area contributed by atoms with Gasteiger partial charge in [-0.25, -0.2) is 0 Å². The maximum atomic E-state index is 10.4. The van der Waals surface area contributed by atoms with E-state index in [-0.39, 0.29) is 6.04 Å². The molecule has 0 radical (unpaired) electrons. The molecule has 4 nitrogen and oxygen atoms in total. The van der Waals surface area contributed by atoms with Gasteiger partial charge in [-0.3, -0.25) is 4.90 Å². The van der Waals surface area contributed by atoms with Crippen LogP contribution in [0.2, 0.25) is 0 Å². The third-order valence-corrected chi connectivity index (χ3v) is 3.65. The maximum absolute atomic E-state index is 10.4. The minimum atomic E-state index is 0.212. The van der Waals surface area contributed by atoms with Crippen LogP contribution in [0.4, 0.5) is 0 Å². The fraction of sp³-hybridized carbons (Fsp3) is 0.846. The van der Waals surface area contributed by atoms with E-state index < -0.39 is 0 Å². The maximum Gasteiger partial charge on any atom is 0.100 e. The molecule has 17 heavy (non-hydrogen) atoms. The van der Waals surface area contributed by atoms with Crippen molar-refractivity contribution in [2.45, 2.75) is 38.8 Å². The molecule has 96 valence electrons. The van der Waals surface area contributed by atoms with Crippen molar-refractivity contribution in [3.63, 3.8) is 0 Å². The Hall–Kier alpha value is -0.740. The Morgan fingerprint density at radius 1 is 1.53 bits per heavy atom. The molecule has 1 aliphatic heterocycles. The van der Waals surface area contributed by atoms with Crippen LogP contribution in [-0.2, 0) is 4.74 Å². The first kappa shape index (κ1) is 12.7. The van der Waals surface area contributed by atoms with Crippen LogP contribution in [0.3, 0.4) is 0 Å². The number of hydrogen-bond acceptors (Lipinski definition) is 4. The number of rotatable bonds is 7. The van der Waals surface area contributed by atoms with E-state index in [1.54, 1.807) is 0 Å². The zero-order chi connectivity index (χ0) is 12.3. The van der Waals surface area contributed by atoms with Crippen LogP contribution < -0.4 is 0 Å². The summed E-state index contributed by atoms with van der Waals surface area (Å²) in [5.74, 6) is 0. The fourth-order valence-electron chi connectivity index (χ4n) is 2.34. The molecule has 0 N–H and O–H groups in total. The van der Waals surface area contributed by atoms with Crippen molar-refractivity contribution < 1.29 is 4.74 Å². The molecule has 1 saturated carbocycles. The van der Waals surface area contributed by atoms with Gasteiger partial charge in [-0.1, -0.05) is 17.3 Å². The molecule has 0 aromatic carbocycles. The lowest BCUT2D eigenvalue weighted by Gasteiger charge is -2.28. The lowest BCUT2D eigenvalue weighted by Crippen LogP contribution is -2.38. The van der Waals surface area contributed by atoms with Crippen molar-refractivity contribution in [3.05, 3.63) is 17.1 Å². The third kappa shape index (κ3) is 3.36. The van der Waals surface area contributed by atoms with E-state index >= 15 is 0 Å². The molecule has 0 amide bonds. The van der Waals surface area contributed by atoms with E-state index in [4.69, 9.17) is 4.74 Å². The van der Waals surface area contributed by atoms with Crippen molar-refractivity contribution in [3.8, 4) is 0 Å². The zero-order valence-electron chi connectivity index (χ0n) is 10.8. The molecular weight excluding hydrogens is 216 g/mol. The van der Waals surface area contributed by atoms with Crippen LogP contribution in [0.5, 0.6) is 0 Å². The summed E-state index contributed by atoms with van der Waals surface area (Å²) in [6, 6.07) is 0.212. The molecule has 1 fully saturated rings. The summed E-state index contributed by atoms with van der Waals surface area (Å²) in [6.45, 7) is 7.36. The number of ether oxygens (including phenoxy) is 1. The first-order chi connectivity index (χ1) is 8.15. The van der Waals surface area contributed by atoms with Crippen LogP contribution in [0.25, 0.3) is 0 Å². The summed E-state index contributed by atoms with van der Waals surface area (Å²) in [4.78, 5) is 12.7. The van der Waals surface area contributed by atoms with Gasteiger partial charge in [0.25, 0.3) is 0 Å². The fourth-order valence-corrected chi connectivity index (χ4v) is 2.34. The first-order valence-electron chi connectivity index (χ1n) is 6.47. The van der Waals surface area contributed by atoms with Gasteiger partial charge in [0.15, 0.2) is 0 Å². The molecular formula is C13H22N2O2. The highest BCUT2D eigenvalue weighted by Crippen LogP contribution is 2.47. The van der Waals surface area contributed by atoms with Gasteiger partial charge in [-0.05, 0) is 26.7 Å². The van der Waals surface area contributed by atoms with E-state index in [2.05, 4.69) is 36.1 Å². The molecule has 1 unspecified atom stereocenters. The summed E-state index contributed by atoms with van der Waals surface area (Å²) in [5.41, 5.74) is 0.345. The third-order valence-electron chi connectivity index (χ3n) is 3.65. The van der Waals surface area contributed by atoms with Crippen molar-refractivity contribution in [1.82, 2.24) is 4.90 Å². The molecule has 1 heterocycles. The molecule has 2 aliphatic rings. The lowest BCUT2D eigenvalue weighted by molar-refractivity contribution is 0.0308. The van der Waals surface area contributed by atoms with E-state index in [0.717, 1.165) is 19.7 Å². The average molecular weight is 238 g/mol. The summed E-state index contributed by atoms with van der Waals surface area (Å²) >= 11 is 0. The highest BCUT2D eigenvalue weighted by atomic mass is 16.5. The van der Waals surface area contributed by atoms with Crippen molar-refractivity contribution >= 4 is 0 Å². The summed E-state index contributed by atoms with van der Waals surface area (Å²) < 4.78 is 5.74. The van der Waals surface area contributed by atoms with Crippen molar-refractivity contribution in [1.29, 1.82) is 0 Å². The molecule has 0 spiro atoms. The zero-order valence-corrected chi connectivity index (χ0v) is 10.8. The van der Waals surface area contributed by atoms with Crippen LogP contribution in [0, 0.1) is 10.3 Å². The van der Waals surface area contributed by atoms with Crippen LogP contribution >= 0.6 is 0 Å². The van der Waals surface area contributed by atoms with Crippen LogP contribution in [0.15, 0.2) is 17.3 Å². The smallest absolute Gasteiger partial charge is 0.100 e. The second kappa shape index (κ2) is 5.27. The Labute approximate surface area is 103 Å². The van der Waals surface area contributed by atoms with Crippen molar-refractivity contribution in [2.75, 3.05) is 26.2 Å². The molecule has 1 atom stereocenters. The minimum Gasteiger partial charge on any atom is -0.378 e. The highest BCUT2D eigenvalue weighted by molar-refractivity contribution is 5.08. The SMILES string of the molecule is CC(C)OCC1(CN2CC=CC2CN=O)CC1. The Kier molecular flexibility index (Phi) is 3.94. The molecule has 4 heteroatoms. The Morgan fingerprint density at radius 2 is 2.29 bits per heavy atom. The quantitative estimate of drug-likeness (QED) is 0.504. The van der Waals surface area contributed by atoms with Gasteiger partial charge in [-0.15, -0.1) is 0 Å². The highest BCUT2D eigenvalue weighted by Gasteiger charge is 2.45. The Morgan fingerprint density at radius 3 is 2.88 bits per heavy atom.